The van der Waals surface area contributed by atoms with Crippen molar-refractivity contribution in [1.29, 1.82) is 0 Å². The summed E-state index contributed by atoms with van der Waals surface area (Å²) in [6, 6.07) is 11.6. The molecule has 0 saturated heterocycles. The molecule has 3 rings (SSSR count). The van der Waals surface area contributed by atoms with E-state index in [0.29, 0.717) is 30.1 Å². The monoisotopic (exact) mass is 321 g/mol. The van der Waals surface area contributed by atoms with Crippen molar-refractivity contribution >= 4 is 5.91 Å². The Balaban J connectivity index is 1.55. The minimum Gasteiger partial charge on any atom is -0.466 e. The summed E-state index contributed by atoms with van der Waals surface area (Å²) < 4.78 is 5.37. The number of rotatable bonds is 5. The lowest BCUT2D eigenvalue weighted by Crippen LogP contribution is -2.25. The van der Waals surface area contributed by atoms with Crippen LogP contribution in [0.1, 0.15) is 27.4 Å². The number of aromatic nitrogens is 2. The molecule has 0 bridgehead atoms. The third-order valence-corrected chi connectivity index (χ3v) is 3.72. The Morgan fingerprint density at radius 1 is 1.12 bits per heavy atom. The van der Waals surface area contributed by atoms with E-state index in [4.69, 9.17) is 4.42 Å². The van der Waals surface area contributed by atoms with Crippen LogP contribution in [0.3, 0.4) is 0 Å². The smallest absolute Gasteiger partial charge is 0.254 e. The number of amides is 1. The molecule has 2 heterocycles. The van der Waals surface area contributed by atoms with Gasteiger partial charge in [0.25, 0.3) is 5.91 Å². The third-order valence-electron chi connectivity index (χ3n) is 3.72. The van der Waals surface area contributed by atoms with Gasteiger partial charge in [-0.1, -0.05) is 30.3 Å². The second kappa shape index (κ2) is 7.08. The minimum atomic E-state index is -0.119. The Morgan fingerprint density at radius 3 is 2.46 bits per heavy atom. The fraction of sp³-hybridized carbons (Fsp3) is 0.211. The molecular formula is C19H19N3O2. The fourth-order valence-electron chi connectivity index (χ4n) is 2.49. The Kier molecular flexibility index (Phi) is 4.70. The number of hydrogen-bond donors (Lipinski definition) is 1. The summed E-state index contributed by atoms with van der Waals surface area (Å²) in [5.74, 6) is 1.96. The molecule has 5 heteroatoms. The predicted molar refractivity (Wildman–Crippen MR) is 91.7 cm³/mol. The summed E-state index contributed by atoms with van der Waals surface area (Å²) >= 11 is 0. The van der Waals surface area contributed by atoms with E-state index in [2.05, 4.69) is 15.3 Å². The number of aryl methyl sites for hydroxylation is 2. The first kappa shape index (κ1) is 15.9. The predicted octanol–water partition coefficient (Wildman–Crippen LogP) is 3.33. The molecule has 0 aliphatic heterocycles. The summed E-state index contributed by atoms with van der Waals surface area (Å²) in [7, 11) is 0. The van der Waals surface area contributed by atoms with Crippen molar-refractivity contribution in [3.05, 3.63) is 71.4 Å². The van der Waals surface area contributed by atoms with Gasteiger partial charge in [0, 0.05) is 24.5 Å². The van der Waals surface area contributed by atoms with Gasteiger partial charge in [0.1, 0.15) is 11.5 Å². The van der Waals surface area contributed by atoms with Crippen molar-refractivity contribution in [3.8, 4) is 11.4 Å². The molecule has 0 saturated carbocycles. The second-order valence-electron chi connectivity index (χ2n) is 5.61. The lowest BCUT2D eigenvalue weighted by molar-refractivity contribution is 0.0952. The molecule has 5 nitrogen and oxygen atoms in total. The minimum absolute atomic E-state index is 0.119. The van der Waals surface area contributed by atoms with Gasteiger partial charge in [-0.2, -0.15) is 0 Å². The highest BCUT2D eigenvalue weighted by atomic mass is 16.3. The maximum atomic E-state index is 12.1. The van der Waals surface area contributed by atoms with Crippen LogP contribution < -0.4 is 5.32 Å². The first-order valence-corrected chi connectivity index (χ1v) is 7.85. The third kappa shape index (κ3) is 3.68. The van der Waals surface area contributed by atoms with E-state index in [1.54, 1.807) is 25.4 Å². The highest BCUT2D eigenvalue weighted by Gasteiger charge is 2.12. The molecule has 122 valence electrons. The molecule has 1 aromatic carbocycles. The van der Waals surface area contributed by atoms with E-state index < -0.39 is 0 Å². The summed E-state index contributed by atoms with van der Waals surface area (Å²) in [6.07, 6.45) is 4.28. The summed E-state index contributed by atoms with van der Waals surface area (Å²) in [5.41, 5.74) is 2.56. The van der Waals surface area contributed by atoms with Crippen molar-refractivity contribution in [1.82, 2.24) is 15.3 Å². The van der Waals surface area contributed by atoms with Gasteiger partial charge in [0.15, 0.2) is 5.82 Å². The SMILES string of the molecule is Cc1cc(C(=O)NCCc2cnc(-c3ccccc3)nc2)c(C)o1. The first-order chi connectivity index (χ1) is 11.6. The number of furan rings is 1. The molecule has 1 amide bonds. The van der Waals surface area contributed by atoms with Crippen LogP contribution in [0.4, 0.5) is 0 Å². The summed E-state index contributed by atoms with van der Waals surface area (Å²) in [6.45, 7) is 4.14. The number of nitrogens with one attached hydrogen (secondary N) is 1. The van der Waals surface area contributed by atoms with Crippen molar-refractivity contribution < 1.29 is 9.21 Å². The van der Waals surface area contributed by atoms with Crippen molar-refractivity contribution in [2.75, 3.05) is 6.54 Å². The van der Waals surface area contributed by atoms with Crippen LogP contribution in [-0.2, 0) is 6.42 Å². The summed E-state index contributed by atoms with van der Waals surface area (Å²) in [5, 5.41) is 2.89. The van der Waals surface area contributed by atoms with Crippen LogP contribution in [0, 0.1) is 13.8 Å². The van der Waals surface area contributed by atoms with E-state index in [1.165, 1.54) is 0 Å². The normalized spacial score (nSPS) is 10.6. The van der Waals surface area contributed by atoms with Gasteiger partial charge in [0.2, 0.25) is 0 Å². The molecule has 0 fully saturated rings. The van der Waals surface area contributed by atoms with Gasteiger partial charge < -0.3 is 9.73 Å². The van der Waals surface area contributed by atoms with Crippen LogP contribution in [0.2, 0.25) is 0 Å². The highest BCUT2D eigenvalue weighted by Crippen LogP contribution is 2.14. The number of hydrogen-bond acceptors (Lipinski definition) is 4. The zero-order valence-corrected chi connectivity index (χ0v) is 13.7. The molecule has 1 N–H and O–H groups in total. The maximum absolute atomic E-state index is 12.1. The first-order valence-electron chi connectivity index (χ1n) is 7.85. The standard InChI is InChI=1S/C19H19N3O2/c1-13-10-17(14(2)24-13)19(23)20-9-8-15-11-21-18(22-12-15)16-6-4-3-5-7-16/h3-7,10-12H,8-9H2,1-2H3,(H,20,23). The Morgan fingerprint density at radius 2 is 1.83 bits per heavy atom. The molecule has 0 radical (unpaired) electrons. The zero-order valence-electron chi connectivity index (χ0n) is 13.7. The van der Waals surface area contributed by atoms with Gasteiger partial charge >= 0.3 is 0 Å². The Hall–Kier alpha value is -2.95. The number of nitrogens with zero attached hydrogens (tertiary/aromatic N) is 2. The molecule has 0 aliphatic rings. The quantitative estimate of drug-likeness (QED) is 0.782. The fourth-order valence-corrected chi connectivity index (χ4v) is 2.49. The van der Waals surface area contributed by atoms with E-state index in [9.17, 15) is 4.79 Å². The van der Waals surface area contributed by atoms with Crippen molar-refractivity contribution in [2.45, 2.75) is 20.3 Å². The van der Waals surface area contributed by atoms with E-state index >= 15 is 0 Å². The van der Waals surface area contributed by atoms with Crippen LogP contribution in [0.15, 0.2) is 53.2 Å². The zero-order chi connectivity index (χ0) is 16.9. The maximum Gasteiger partial charge on any atom is 0.254 e. The lowest BCUT2D eigenvalue weighted by atomic mass is 10.2. The lowest BCUT2D eigenvalue weighted by Gasteiger charge is -2.05. The van der Waals surface area contributed by atoms with Crippen molar-refractivity contribution in [2.24, 2.45) is 0 Å². The van der Waals surface area contributed by atoms with Gasteiger partial charge in [-0.15, -0.1) is 0 Å². The van der Waals surface area contributed by atoms with Gasteiger partial charge in [0.05, 0.1) is 5.56 Å². The number of benzene rings is 1. The topological polar surface area (TPSA) is 68.0 Å². The van der Waals surface area contributed by atoms with Gasteiger partial charge in [-0.25, -0.2) is 9.97 Å². The van der Waals surface area contributed by atoms with E-state index in [1.807, 2.05) is 37.3 Å². The molecule has 0 unspecified atom stereocenters. The molecule has 3 aromatic rings. The molecule has 0 aliphatic carbocycles. The van der Waals surface area contributed by atoms with Crippen molar-refractivity contribution in [3.63, 3.8) is 0 Å². The van der Waals surface area contributed by atoms with Crippen LogP contribution in [0.25, 0.3) is 11.4 Å². The van der Waals surface area contributed by atoms with Gasteiger partial charge in [-0.05, 0) is 31.9 Å². The van der Waals surface area contributed by atoms with E-state index in [-0.39, 0.29) is 5.91 Å². The van der Waals surface area contributed by atoms with Gasteiger partial charge in [-0.3, -0.25) is 4.79 Å². The Bertz CT molecular complexity index is 824. The van der Waals surface area contributed by atoms with E-state index in [0.717, 1.165) is 16.9 Å². The molecule has 0 atom stereocenters. The second-order valence-corrected chi connectivity index (χ2v) is 5.61. The molecular weight excluding hydrogens is 302 g/mol. The molecule has 2 aromatic heterocycles. The largest absolute Gasteiger partial charge is 0.466 e. The summed E-state index contributed by atoms with van der Waals surface area (Å²) in [4.78, 5) is 20.9. The average Bonchev–Trinajstić information content (AvgIpc) is 2.95. The Labute approximate surface area is 140 Å². The van der Waals surface area contributed by atoms with Crippen LogP contribution in [0.5, 0.6) is 0 Å². The van der Waals surface area contributed by atoms with Crippen LogP contribution >= 0.6 is 0 Å². The van der Waals surface area contributed by atoms with Crippen LogP contribution in [-0.4, -0.2) is 22.4 Å². The highest BCUT2D eigenvalue weighted by molar-refractivity contribution is 5.95. The molecule has 0 spiro atoms. The molecule has 24 heavy (non-hydrogen) atoms. The number of carbonyl (C=O) groups excluding carboxylic acids is 1. The number of carbonyl (C=O) groups is 1. The average molecular weight is 321 g/mol.